The second-order valence-corrected chi connectivity index (χ2v) is 11.7. The minimum atomic E-state index is -1.25. The number of methoxy groups -OCH3 is 1. The van der Waals surface area contributed by atoms with Crippen LogP contribution in [0.25, 0.3) is 0 Å². The molecule has 1 spiro atoms. The van der Waals surface area contributed by atoms with Crippen LogP contribution in [0.5, 0.6) is 17.2 Å². The minimum absolute atomic E-state index is 0.116. The smallest absolute Gasteiger partial charge is 0.335 e. The average Bonchev–Trinajstić information content (AvgIpc) is 3.01. The number of carbonyl (C=O) groups is 3. The van der Waals surface area contributed by atoms with Gasteiger partial charge >= 0.3 is 5.97 Å². The molecule has 2 fully saturated rings. The van der Waals surface area contributed by atoms with Gasteiger partial charge in [0.2, 0.25) is 11.8 Å². The molecule has 0 bridgehead atoms. The standard InChI is InChI=1S/C33H45N3O7/c1-5-8-18-36-29(37)28(33(41,7-3)15-6-2)34-31(40)32(36)16-19-35(20-17-32)22-23-9-12-25(13-10-23)43-26-14-11-24(30(38)39)21-27(26)42-4/h9-14,21,28,41H,5-8,15-20,22H2,1-4H3,(H,34,40)(H,38,39)/t28-,33+/m0/s1. The molecule has 2 aliphatic heterocycles. The molecule has 0 aromatic heterocycles. The van der Waals surface area contributed by atoms with Crippen molar-refractivity contribution in [3.63, 3.8) is 0 Å². The second-order valence-electron chi connectivity index (χ2n) is 11.7. The van der Waals surface area contributed by atoms with E-state index in [0.29, 0.717) is 69.1 Å². The molecule has 10 heteroatoms. The molecule has 234 valence electrons. The monoisotopic (exact) mass is 595 g/mol. The zero-order valence-electron chi connectivity index (χ0n) is 25.7. The Morgan fingerprint density at radius 2 is 1.74 bits per heavy atom. The van der Waals surface area contributed by atoms with Gasteiger partial charge in [-0.25, -0.2) is 4.79 Å². The number of rotatable bonds is 13. The van der Waals surface area contributed by atoms with Crippen molar-refractivity contribution in [1.82, 2.24) is 15.1 Å². The number of ether oxygens (including phenoxy) is 2. The van der Waals surface area contributed by atoms with Crippen molar-refractivity contribution >= 4 is 17.8 Å². The number of aliphatic hydroxyl groups is 1. The maximum atomic E-state index is 13.8. The summed E-state index contributed by atoms with van der Waals surface area (Å²) in [6.45, 7) is 8.42. The summed E-state index contributed by atoms with van der Waals surface area (Å²) in [5, 5.41) is 23.5. The number of amides is 2. The Hall–Kier alpha value is -3.63. The van der Waals surface area contributed by atoms with E-state index in [-0.39, 0.29) is 17.4 Å². The number of nitrogens with one attached hydrogen (secondary N) is 1. The molecular formula is C33H45N3O7. The molecule has 2 heterocycles. The third-order valence-electron chi connectivity index (χ3n) is 8.95. The summed E-state index contributed by atoms with van der Waals surface area (Å²) in [5.41, 5.74) is -0.953. The lowest BCUT2D eigenvalue weighted by atomic mass is 9.77. The first-order valence-corrected chi connectivity index (χ1v) is 15.4. The number of hydrogen-bond acceptors (Lipinski definition) is 7. The largest absolute Gasteiger partial charge is 0.493 e. The van der Waals surface area contributed by atoms with Crippen LogP contribution in [0.3, 0.4) is 0 Å². The first-order valence-electron chi connectivity index (χ1n) is 15.4. The molecule has 43 heavy (non-hydrogen) atoms. The molecule has 4 rings (SSSR count). The predicted molar refractivity (Wildman–Crippen MR) is 162 cm³/mol. The van der Waals surface area contributed by atoms with E-state index in [4.69, 9.17) is 9.47 Å². The normalized spacial score (nSPS) is 20.0. The highest BCUT2D eigenvalue weighted by atomic mass is 16.5. The molecule has 0 aliphatic carbocycles. The Labute approximate surface area is 254 Å². The molecule has 2 amide bonds. The van der Waals surface area contributed by atoms with Gasteiger partial charge < -0.3 is 29.9 Å². The fourth-order valence-corrected chi connectivity index (χ4v) is 6.29. The fourth-order valence-electron chi connectivity index (χ4n) is 6.29. The highest BCUT2D eigenvalue weighted by Crippen LogP contribution is 2.37. The summed E-state index contributed by atoms with van der Waals surface area (Å²) in [5.74, 6) is -0.00371. The van der Waals surface area contributed by atoms with Crippen LogP contribution >= 0.6 is 0 Å². The summed E-state index contributed by atoms with van der Waals surface area (Å²) in [6, 6.07) is 11.2. The third kappa shape index (κ3) is 6.80. The van der Waals surface area contributed by atoms with Crippen LogP contribution in [-0.4, -0.2) is 81.7 Å². The van der Waals surface area contributed by atoms with E-state index in [9.17, 15) is 24.6 Å². The summed E-state index contributed by atoms with van der Waals surface area (Å²) in [4.78, 5) is 42.9. The van der Waals surface area contributed by atoms with Gasteiger partial charge in [0, 0.05) is 26.2 Å². The van der Waals surface area contributed by atoms with Crippen LogP contribution in [0.1, 0.15) is 81.6 Å². The third-order valence-corrected chi connectivity index (χ3v) is 8.95. The maximum Gasteiger partial charge on any atom is 0.335 e. The Kier molecular flexibility index (Phi) is 10.3. The van der Waals surface area contributed by atoms with E-state index in [1.165, 1.54) is 19.2 Å². The number of aromatic carboxylic acids is 1. The second kappa shape index (κ2) is 13.8. The summed E-state index contributed by atoms with van der Waals surface area (Å²) in [7, 11) is 1.46. The van der Waals surface area contributed by atoms with Crippen molar-refractivity contribution in [2.24, 2.45) is 0 Å². The van der Waals surface area contributed by atoms with Gasteiger partial charge in [0.15, 0.2) is 11.5 Å². The zero-order chi connectivity index (χ0) is 31.2. The van der Waals surface area contributed by atoms with Crippen LogP contribution < -0.4 is 14.8 Å². The number of nitrogens with zero attached hydrogens (tertiary/aromatic N) is 2. The molecule has 2 aromatic carbocycles. The SMILES string of the molecule is CCCCN1C(=O)[C@@H]([C@@](O)(CC)CCC)NC(=O)C12CCN(Cc1ccc(Oc3ccc(C(=O)O)cc3OC)cc1)CC2. The van der Waals surface area contributed by atoms with Gasteiger partial charge in [0.05, 0.1) is 18.3 Å². The molecule has 2 aliphatic rings. The van der Waals surface area contributed by atoms with Gasteiger partial charge in [0.25, 0.3) is 0 Å². The van der Waals surface area contributed by atoms with Crippen molar-refractivity contribution in [2.45, 2.75) is 89.4 Å². The topological polar surface area (TPSA) is 129 Å². The number of carboxylic acid groups (broad SMARTS) is 1. The number of piperazine rings is 1. The predicted octanol–water partition coefficient (Wildman–Crippen LogP) is 4.59. The lowest BCUT2D eigenvalue weighted by Gasteiger charge is -2.53. The fraction of sp³-hybridized carbons (Fsp3) is 0.545. The van der Waals surface area contributed by atoms with Crippen LogP contribution in [0.15, 0.2) is 42.5 Å². The van der Waals surface area contributed by atoms with Crippen molar-refractivity contribution in [3.8, 4) is 17.2 Å². The molecule has 0 unspecified atom stereocenters. The number of benzene rings is 2. The molecule has 10 nitrogen and oxygen atoms in total. The van der Waals surface area contributed by atoms with E-state index in [1.54, 1.807) is 11.0 Å². The van der Waals surface area contributed by atoms with E-state index < -0.39 is 23.2 Å². The summed E-state index contributed by atoms with van der Waals surface area (Å²) >= 11 is 0. The molecule has 0 radical (unpaired) electrons. The summed E-state index contributed by atoms with van der Waals surface area (Å²) < 4.78 is 11.2. The molecular weight excluding hydrogens is 550 g/mol. The van der Waals surface area contributed by atoms with Gasteiger partial charge in [0.1, 0.15) is 17.3 Å². The van der Waals surface area contributed by atoms with Gasteiger partial charge in [-0.15, -0.1) is 0 Å². The Bertz CT molecular complexity index is 1290. The molecule has 2 atom stereocenters. The highest BCUT2D eigenvalue weighted by Gasteiger charge is 2.57. The minimum Gasteiger partial charge on any atom is -0.493 e. The van der Waals surface area contributed by atoms with Crippen LogP contribution in [-0.2, 0) is 16.1 Å². The maximum absolute atomic E-state index is 13.8. The molecule has 3 N–H and O–H groups in total. The van der Waals surface area contributed by atoms with E-state index in [0.717, 1.165) is 24.8 Å². The van der Waals surface area contributed by atoms with Crippen LogP contribution in [0.2, 0.25) is 0 Å². The van der Waals surface area contributed by atoms with Gasteiger partial charge in [-0.2, -0.15) is 0 Å². The molecule has 2 aromatic rings. The Morgan fingerprint density at radius 3 is 2.33 bits per heavy atom. The van der Waals surface area contributed by atoms with Gasteiger partial charge in [-0.1, -0.05) is 45.7 Å². The van der Waals surface area contributed by atoms with E-state index in [1.807, 2.05) is 38.1 Å². The molecule has 2 saturated heterocycles. The van der Waals surface area contributed by atoms with Gasteiger partial charge in [-0.3, -0.25) is 14.5 Å². The average molecular weight is 596 g/mol. The highest BCUT2D eigenvalue weighted by molar-refractivity contribution is 6.00. The van der Waals surface area contributed by atoms with Crippen molar-refractivity contribution in [2.75, 3.05) is 26.7 Å². The zero-order valence-corrected chi connectivity index (χ0v) is 25.7. The Balaban J connectivity index is 1.42. The van der Waals surface area contributed by atoms with Crippen molar-refractivity contribution < 1.29 is 34.1 Å². The van der Waals surface area contributed by atoms with Crippen molar-refractivity contribution in [3.05, 3.63) is 53.6 Å². The van der Waals surface area contributed by atoms with E-state index >= 15 is 0 Å². The Morgan fingerprint density at radius 1 is 1.05 bits per heavy atom. The van der Waals surface area contributed by atoms with Crippen LogP contribution in [0.4, 0.5) is 0 Å². The number of hydrogen-bond donors (Lipinski definition) is 3. The van der Waals surface area contributed by atoms with Crippen LogP contribution in [0, 0.1) is 0 Å². The van der Waals surface area contributed by atoms with Crippen molar-refractivity contribution in [1.29, 1.82) is 0 Å². The lowest BCUT2D eigenvalue weighted by molar-refractivity contribution is -0.170. The number of carboxylic acids is 1. The number of likely N-dealkylation sites (tertiary alicyclic amines) is 1. The molecule has 0 saturated carbocycles. The van der Waals surface area contributed by atoms with Gasteiger partial charge in [-0.05, 0) is 68.0 Å². The first kappa shape index (κ1) is 32.3. The first-order chi connectivity index (χ1) is 20.6. The number of unbranched alkanes of at least 4 members (excludes halogenated alkanes) is 1. The number of carbonyl (C=O) groups excluding carboxylic acids is 2. The number of piperidine rings is 1. The quantitative estimate of drug-likeness (QED) is 0.307. The van der Waals surface area contributed by atoms with E-state index in [2.05, 4.69) is 17.1 Å². The summed E-state index contributed by atoms with van der Waals surface area (Å²) in [6.07, 6.45) is 4.36. The lowest BCUT2D eigenvalue weighted by Crippen LogP contribution is -2.76.